The smallest absolute Gasteiger partial charge is 0.146 e. The minimum Gasteiger partial charge on any atom is -0.320 e. The third kappa shape index (κ3) is 13.7. The Morgan fingerprint density at radius 1 is 0.952 bits per heavy atom. The van der Waals surface area contributed by atoms with Crippen LogP contribution in [0.2, 0.25) is 0 Å². The Bertz CT molecular complexity index is 317. The van der Waals surface area contributed by atoms with E-state index in [0.29, 0.717) is 6.42 Å². The van der Waals surface area contributed by atoms with Gasteiger partial charge in [-0.25, -0.2) is 0 Å². The van der Waals surface area contributed by atoms with E-state index in [1.165, 1.54) is 0 Å². The van der Waals surface area contributed by atoms with Crippen molar-refractivity contribution in [3.63, 3.8) is 0 Å². The number of Topliss-reactive ketones (excluding diaryl/α,β-unsaturated/α-hetero) is 3. The molecule has 0 aliphatic carbocycles. The molecular formula is C16H32N2O3. The molecule has 0 radical (unpaired) electrons. The first-order valence-electron chi connectivity index (χ1n) is 7.62. The zero-order valence-corrected chi connectivity index (χ0v) is 14.4. The number of carbonyl (C=O) groups excluding carboxylic acids is 3. The quantitative estimate of drug-likeness (QED) is 0.643. The summed E-state index contributed by atoms with van der Waals surface area (Å²) in [7, 11) is 3.69. The molecule has 124 valence electrons. The van der Waals surface area contributed by atoms with Gasteiger partial charge in [-0.15, -0.1) is 0 Å². The standard InChI is InChI=1S/C9H16O2.C7H16N2O/c1-4-9(8(3)11)6-5-7(2)10;1-6(10)7(9-3)4-5-8-2/h9H,4-6H2,1-3H3;7-9H,4-5H2,1-3H3/t9-;7-/m00/s1. The summed E-state index contributed by atoms with van der Waals surface area (Å²) in [5.74, 6) is 0.676. The van der Waals surface area contributed by atoms with Crippen LogP contribution in [0, 0.1) is 5.92 Å². The predicted octanol–water partition coefficient (Wildman–Crippen LogP) is 1.74. The van der Waals surface area contributed by atoms with Gasteiger partial charge in [-0.1, -0.05) is 6.92 Å². The highest BCUT2D eigenvalue weighted by Crippen LogP contribution is 2.11. The molecule has 0 spiro atoms. The molecule has 0 aliphatic rings. The van der Waals surface area contributed by atoms with Gasteiger partial charge in [0.2, 0.25) is 0 Å². The van der Waals surface area contributed by atoms with Gasteiger partial charge in [0.05, 0.1) is 6.04 Å². The van der Waals surface area contributed by atoms with Crippen LogP contribution >= 0.6 is 0 Å². The molecule has 2 N–H and O–H groups in total. The molecule has 0 unspecified atom stereocenters. The summed E-state index contributed by atoms with van der Waals surface area (Å²) in [6.07, 6.45) is 2.98. The lowest BCUT2D eigenvalue weighted by atomic mass is 9.95. The maximum Gasteiger partial charge on any atom is 0.146 e. The first kappa shape index (κ1) is 22.2. The van der Waals surface area contributed by atoms with Crippen LogP contribution in [0.15, 0.2) is 0 Å². The average molecular weight is 300 g/mol. The average Bonchev–Trinajstić information content (AvgIpc) is 2.40. The molecule has 0 rings (SSSR count). The summed E-state index contributed by atoms with van der Waals surface area (Å²) in [4.78, 5) is 32.2. The second kappa shape index (κ2) is 13.9. The zero-order valence-electron chi connectivity index (χ0n) is 14.4. The monoisotopic (exact) mass is 300 g/mol. The molecule has 0 saturated heterocycles. The van der Waals surface area contributed by atoms with E-state index in [2.05, 4.69) is 10.6 Å². The summed E-state index contributed by atoms with van der Waals surface area (Å²) in [6.45, 7) is 7.62. The third-order valence-electron chi connectivity index (χ3n) is 3.43. The third-order valence-corrected chi connectivity index (χ3v) is 3.43. The molecule has 0 fully saturated rings. The second-order valence-electron chi connectivity index (χ2n) is 5.30. The number of nitrogens with one attached hydrogen (secondary N) is 2. The molecule has 0 heterocycles. The highest BCUT2D eigenvalue weighted by atomic mass is 16.1. The van der Waals surface area contributed by atoms with Crippen molar-refractivity contribution >= 4 is 17.3 Å². The van der Waals surface area contributed by atoms with Crippen LogP contribution in [0.3, 0.4) is 0 Å². The highest BCUT2D eigenvalue weighted by Gasteiger charge is 2.11. The molecule has 5 nitrogen and oxygen atoms in total. The normalized spacial score (nSPS) is 12.9. The SMILES string of the molecule is CC[C@@H](CCC(C)=O)C(C)=O.CNCC[C@H](NC)C(C)=O. The van der Waals surface area contributed by atoms with Gasteiger partial charge in [0.15, 0.2) is 0 Å². The molecule has 2 atom stereocenters. The maximum atomic E-state index is 10.9. The van der Waals surface area contributed by atoms with Gasteiger partial charge >= 0.3 is 0 Å². The number of hydrogen-bond donors (Lipinski definition) is 2. The lowest BCUT2D eigenvalue weighted by Crippen LogP contribution is -2.34. The van der Waals surface area contributed by atoms with Crippen molar-refractivity contribution in [3.05, 3.63) is 0 Å². The van der Waals surface area contributed by atoms with Crippen molar-refractivity contribution in [1.29, 1.82) is 0 Å². The summed E-state index contributed by atoms with van der Waals surface area (Å²) in [5, 5.41) is 5.94. The van der Waals surface area contributed by atoms with Crippen molar-refractivity contribution in [2.75, 3.05) is 20.6 Å². The second-order valence-corrected chi connectivity index (χ2v) is 5.30. The van der Waals surface area contributed by atoms with Gasteiger partial charge in [-0.3, -0.25) is 9.59 Å². The fourth-order valence-corrected chi connectivity index (χ4v) is 1.91. The summed E-state index contributed by atoms with van der Waals surface area (Å²) in [5.41, 5.74) is 0. The minimum atomic E-state index is 0.0208. The van der Waals surface area contributed by atoms with Crippen LogP contribution in [0.25, 0.3) is 0 Å². The Morgan fingerprint density at radius 3 is 1.81 bits per heavy atom. The summed E-state index contributed by atoms with van der Waals surface area (Å²) >= 11 is 0. The molecule has 0 aromatic heterocycles. The van der Waals surface area contributed by atoms with E-state index < -0.39 is 0 Å². The Balaban J connectivity index is 0. The van der Waals surface area contributed by atoms with Crippen molar-refractivity contribution in [2.24, 2.45) is 5.92 Å². The van der Waals surface area contributed by atoms with E-state index in [1.54, 1.807) is 20.8 Å². The largest absolute Gasteiger partial charge is 0.320 e. The van der Waals surface area contributed by atoms with Gasteiger partial charge in [-0.05, 0) is 60.7 Å². The minimum absolute atomic E-state index is 0.0208. The van der Waals surface area contributed by atoms with Gasteiger partial charge in [0.1, 0.15) is 17.3 Å². The van der Waals surface area contributed by atoms with Crippen LogP contribution in [0.5, 0.6) is 0 Å². The highest BCUT2D eigenvalue weighted by molar-refractivity contribution is 5.81. The Hall–Kier alpha value is -1.07. The van der Waals surface area contributed by atoms with Crippen molar-refractivity contribution in [2.45, 2.75) is 59.4 Å². The van der Waals surface area contributed by atoms with E-state index in [1.807, 2.05) is 21.0 Å². The number of likely N-dealkylation sites (N-methyl/N-ethyl adjacent to an activating group) is 1. The maximum absolute atomic E-state index is 10.9. The van der Waals surface area contributed by atoms with E-state index in [0.717, 1.165) is 25.8 Å². The van der Waals surface area contributed by atoms with E-state index >= 15 is 0 Å². The molecule has 0 aliphatic heterocycles. The molecule has 0 bridgehead atoms. The molecule has 0 amide bonds. The molecular weight excluding hydrogens is 268 g/mol. The molecule has 0 aromatic rings. The fourth-order valence-electron chi connectivity index (χ4n) is 1.91. The molecule has 5 heteroatoms. The Labute approximate surface area is 129 Å². The number of rotatable bonds is 10. The topological polar surface area (TPSA) is 75.3 Å². The predicted molar refractivity (Wildman–Crippen MR) is 86.4 cm³/mol. The van der Waals surface area contributed by atoms with Gasteiger partial charge in [0, 0.05) is 12.3 Å². The van der Waals surface area contributed by atoms with Crippen molar-refractivity contribution in [3.8, 4) is 0 Å². The lowest BCUT2D eigenvalue weighted by molar-refractivity contribution is -0.122. The Morgan fingerprint density at radius 2 is 1.52 bits per heavy atom. The van der Waals surface area contributed by atoms with Gasteiger partial charge < -0.3 is 15.4 Å². The van der Waals surface area contributed by atoms with E-state index in [4.69, 9.17) is 0 Å². The Kier molecular flexibility index (Phi) is 14.7. The first-order valence-corrected chi connectivity index (χ1v) is 7.62. The van der Waals surface area contributed by atoms with Crippen LogP contribution in [0.1, 0.15) is 53.4 Å². The number of carbonyl (C=O) groups is 3. The number of ketones is 3. The molecule has 0 saturated carbocycles. The van der Waals surface area contributed by atoms with E-state index in [-0.39, 0.29) is 29.3 Å². The fraction of sp³-hybridized carbons (Fsp3) is 0.812. The van der Waals surface area contributed by atoms with E-state index in [9.17, 15) is 14.4 Å². The molecule has 21 heavy (non-hydrogen) atoms. The van der Waals surface area contributed by atoms with Crippen molar-refractivity contribution in [1.82, 2.24) is 10.6 Å². The van der Waals surface area contributed by atoms with Gasteiger partial charge in [-0.2, -0.15) is 0 Å². The van der Waals surface area contributed by atoms with Crippen LogP contribution in [-0.2, 0) is 14.4 Å². The van der Waals surface area contributed by atoms with Crippen LogP contribution < -0.4 is 10.6 Å². The molecule has 0 aromatic carbocycles. The van der Waals surface area contributed by atoms with Crippen molar-refractivity contribution < 1.29 is 14.4 Å². The lowest BCUT2D eigenvalue weighted by Gasteiger charge is -2.10. The first-order chi connectivity index (χ1) is 9.79. The van der Waals surface area contributed by atoms with Gasteiger partial charge in [0.25, 0.3) is 0 Å². The van der Waals surface area contributed by atoms with Crippen LogP contribution in [0.4, 0.5) is 0 Å². The summed E-state index contributed by atoms with van der Waals surface area (Å²) < 4.78 is 0. The summed E-state index contributed by atoms with van der Waals surface area (Å²) in [6, 6.07) is 0.0208. The number of hydrogen-bond acceptors (Lipinski definition) is 5. The van der Waals surface area contributed by atoms with Crippen LogP contribution in [-0.4, -0.2) is 44.0 Å². The zero-order chi connectivity index (χ0) is 16.8.